The summed E-state index contributed by atoms with van der Waals surface area (Å²) in [5.41, 5.74) is 11.1. The molecule has 0 saturated heterocycles. The van der Waals surface area contributed by atoms with Gasteiger partial charge in [-0.3, -0.25) is 5.43 Å². The van der Waals surface area contributed by atoms with Gasteiger partial charge in [-0.15, -0.1) is 18.3 Å². The Morgan fingerprint density at radius 3 is 2.49 bits per heavy atom. The van der Waals surface area contributed by atoms with Crippen LogP contribution in [-0.4, -0.2) is 32.7 Å². The number of alkyl halides is 3. The zero-order valence-electron chi connectivity index (χ0n) is 20.8. The number of hydrogen-bond donors (Lipinski definition) is 2. The van der Waals surface area contributed by atoms with Gasteiger partial charge in [0.25, 0.3) is 0 Å². The van der Waals surface area contributed by atoms with Crippen molar-refractivity contribution in [2.45, 2.75) is 33.1 Å². The van der Waals surface area contributed by atoms with E-state index in [0.29, 0.717) is 17.2 Å². The Labute approximate surface area is 236 Å². The molecular weight excluding hydrogens is 593 g/mol. The van der Waals surface area contributed by atoms with Gasteiger partial charge < -0.3 is 10.1 Å². The molecule has 4 aromatic rings. The summed E-state index contributed by atoms with van der Waals surface area (Å²) in [5, 5.41) is 16.5. The van der Waals surface area contributed by atoms with Crippen LogP contribution in [0.25, 0.3) is 16.9 Å². The summed E-state index contributed by atoms with van der Waals surface area (Å²) in [6, 6.07) is 15.5. The average Bonchev–Trinajstić information content (AvgIpc) is 3.30. The smallest absolute Gasteiger partial charge is 0.406 e. The number of benzene rings is 3. The van der Waals surface area contributed by atoms with Gasteiger partial charge in [0.15, 0.2) is 5.11 Å². The normalized spacial score (nSPS) is 12.7. The molecule has 3 aromatic carbocycles. The minimum Gasteiger partial charge on any atom is -0.406 e. The Bertz CT molecular complexity index is 1560. The number of hydrazone groups is 1. The summed E-state index contributed by atoms with van der Waals surface area (Å²) in [6.07, 6.45) is -1.61. The number of nitrogens with zero attached hydrogens (tertiary/aromatic N) is 4. The second-order valence-corrected chi connectivity index (χ2v) is 10.3. The fourth-order valence-electron chi connectivity index (χ4n) is 4.53. The predicted molar refractivity (Wildman–Crippen MR) is 151 cm³/mol. The van der Waals surface area contributed by atoms with Gasteiger partial charge in [0.1, 0.15) is 11.4 Å². The highest BCUT2D eigenvalue weighted by molar-refractivity contribution is 9.10. The van der Waals surface area contributed by atoms with Gasteiger partial charge in [-0.2, -0.15) is 5.10 Å². The number of rotatable bonds is 5. The summed E-state index contributed by atoms with van der Waals surface area (Å²) in [5.74, 6) is -0.288. The number of nitrogens with one attached hydrogen (secondary N) is 2. The summed E-state index contributed by atoms with van der Waals surface area (Å²) in [4.78, 5) is 0. The van der Waals surface area contributed by atoms with Crippen LogP contribution in [0.5, 0.6) is 5.75 Å². The van der Waals surface area contributed by atoms with Crippen LogP contribution >= 0.6 is 28.1 Å². The van der Waals surface area contributed by atoms with Crippen molar-refractivity contribution >= 4 is 45.2 Å². The maximum atomic E-state index is 12.5. The van der Waals surface area contributed by atoms with E-state index in [0.717, 1.165) is 55.8 Å². The number of halogens is 4. The Morgan fingerprint density at radius 1 is 1.08 bits per heavy atom. The van der Waals surface area contributed by atoms with E-state index in [-0.39, 0.29) is 5.75 Å². The van der Waals surface area contributed by atoms with Crippen LogP contribution in [0.15, 0.2) is 64.2 Å². The fraction of sp³-hybridized carbons (Fsp3) is 0.185. The van der Waals surface area contributed by atoms with Gasteiger partial charge in [0.2, 0.25) is 0 Å². The molecule has 0 atom stereocenters. The Hall–Kier alpha value is -3.77. The summed E-state index contributed by atoms with van der Waals surface area (Å²) < 4.78 is 44.0. The van der Waals surface area contributed by atoms with Crippen molar-refractivity contribution in [1.29, 1.82) is 0 Å². The number of thiocarbonyl (C=S) groups is 1. The van der Waals surface area contributed by atoms with E-state index < -0.39 is 6.36 Å². The molecule has 0 spiro atoms. The van der Waals surface area contributed by atoms with Crippen molar-refractivity contribution in [1.82, 2.24) is 20.4 Å². The van der Waals surface area contributed by atoms with E-state index >= 15 is 0 Å². The molecule has 1 aliphatic carbocycles. The van der Waals surface area contributed by atoms with E-state index in [4.69, 9.17) is 12.2 Å². The fourth-order valence-corrected chi connectivity index (χ4v) is 5.37. The zero-order valence-corrected chi connectivity index (χ0v) is 23.2. The first-order valence-corrected chi connectivity index (χ1v) is 13.1. The third-order valence-electron chi connectivity index (χ3n) is 6.21. The summed E-state index contributed by atoms with van der Waals surface area (Å²) in [7, 11) is 0. The minimum absolute atomic E-state index is 0.288. The largest absolute Gasteiger partial charge is 0.573 e. The third-order valence-corrected chi connectivity index (χ3v) is 6.86. The molecule has 0 amide bonds. The number of aryl methyl sites for hydroxylation is 3. The van der Waals surface area contributed by atoms with Crippen molar-refractivity contribution < 1.29 is 17.9 Å². The molecule has 0 fully saturated rings. The van der Waals surface area contributed by atoms with E-state index in [9.17, 15) is 13.2 Å². The number of ether oxygens (including phenoxy) is 1. The van der Waals surface area contributed by atoms with Crippen LogP contribution in [0.1, 0.15) is 27.9 Å². The molecule has 1 heterocycles. The predicted octanol–water partition coefficient (Wildman–Crippen LogP) is 6.63. The monoisotopic (exact) mass is 614 g/mol. The van der Waals surface area contributed by atoms with Gasteiger partial charge in [0.05, 0.1) is 17.6 Å². The van der Waals surface area contributed by atoms with Crippen molar-refractivity contribution in [3.63, 3.8) is 0 Å². The van der Waals surface area contributed by atoms with E-state index in [1.165, 1.54) is 24.3 Å². The van der Waals surface area contributed by atoms with Crippen LogP contribution < -0.4 is 15.5 Å². The first-order chi connectivity index (χ1) is 18.6. The maximum absolute atomic E-state index is 12.5. The first kappa shape index (κ1) is 26.8. The second kappa shape index (κ2) is 10.8. The van der Waals surface area contributed by atoms with Gasteiger partial charge in [0, 0.05) is 15.7 Å². The van der Waals surface area contributed by atoms with Gasteiger partial charge in [-0.05, 0) is 104 Å². The lowest BCUT2D eigenvalue weighted by Crippen LogP contribution is -2.24. The number of aromatic nitrogens is 3. The SMILES string of the molecule is Cc1cc(Br)cc(C)c1NC(=S)N/N=C/c1ccc2c(c1)CCc1c-2nnn1-c1ccc(OC(F)(F)F)cc1. The second-order valence-electron chi connectivity index (χ2n) is 8.99. The van der Waals surface area contributed by atoms with Gasteiger partial charge in [-0.1, -0.05) is 33.3 Å². The third kappa shape index (κ3) is 6.12. The maximum Gasteiger partial charge on any atom is 0.573 e. The molecule has 0 bridgehead atoms. The van der Waals surface area contributed by atoms with Crippen LogP contribution in [0.3, 0.4) is 0 Å². The lowest BCUT2D eigenvalue weighted by molar-refractivity contribution is -0.274. The standard InChI is InChI=1S/C27H22BrF3N6OS/c1-15-11-19(28)12-16(2)24(15)33-26(39)35-32-14-17-3-9-22-18(13-17)4-10-23-25(22)34-36-37(23)20-5-7-21(8-6-20)38-27(29,30)31/h3,5-9,11-14H,4,10H2,1-2H3,(H2,33,35,39)/b32-14+. The molecule has 7 nitrogen and oxygen atoms in total. The lowest BCUT2D eigenvalue weighted by Gasteiger charge is -2.17. The number of anilines is 1. The molecule has 2 N–H and O–H groups in total. The Kier molecular flexibility index (Phi) is 7.41. The minimum atomic E-state index is -4.74. The van der Waals surface area contributed by atoms with E-state index in [1.807, 2.05) is 44.2 Å². The van der Waals surface area contributed by atoms with Crippen LogP contribution in [0.4, 0.5) is 18.9 Å². The molecule has 0 radical (unpaired) electrons. The van der Waals surface area contributed by atoms with Crippen molar-refractivity contribution in [3.05, 3.63) is 87.0 Å². The van der Waals surface area contributed by atoms with Crippen molar-refractivity contribution in [3.8, 4) is 22.7 Å². The molecule has 0 aliphatic heterocycles. The Balaban J connectivity index is 1.27. The van der Waals surface area contributed by atoms with Crippen LogP contribution in [0.2, 0.25) is 0 Å². The van der Waals surface area contributed by atoms with E-state index in [2.05, 4.69) is 46.8 Å². The first-order valence-electron chi connectivity index (χ1n) is 11.9. The van der Waals surface area contributed by atoms with E-state index in [1.54, 1.807) is 10.9 Å². The molecule has 0 unspecified atom stereocenters. The molecule has 39 heavy (non-hydrogen) atoms. The zero-order chi connectivity index (χ0) is 27.7. The molecule has 1 aliphatic rings. The molecule has 1 aromatic heterocycles. The Morgan fingerprint density at radius 2 is 1.79 bits per heavy atom. The highest BCUT2D eigenvalue weighted by atomic mass is 79.9. The van der Waals surface area contributed by atoms with Crippen LogP contribution in [-0.2, 0) is 12.8 Å². The number of fused-ring (bicyclic) bond motifs is 3. The van der Waals surface area contributed by atoms with Crippen molar-refractivity contribution in [2.24, 2.45) is 5.10 Å². The molecule has 200 valence electrons. The van der Waals surface area contributed by atoms with Gasteiger partial charge in [-0.25, -0.2) is 4.68 Å². The van der Waals surface area contributed by atoms with Crippen LogP contribution in [0, 0.1) is 13.8 Å². The highest BCUT2D eigenvalue weighted by Crippen LogP contribution is 2.34. The molecule has 5 rings (SSSR count). The highest BCUT2D eigenvalue weighted by Gasteiger charge is 2.31. The average molecular weight is 615 g/mol. The van der Waals surface area contributed by atoms with Crippen molar-refractivity contribution in [2.75, 3.05) is 5.32 Å². The quantitative estimate of drug-likeness (QED) is 0.149. The topological polar surface area (TPSA) is 76.4 Å². The number of hydrogen-bond acceptors (Lipinski definition) is 5. The van der Waals surface area contributed by atoms with Gasteiger partial charge >= 0.3 is 6.36 Å². The molecule has 0 saturated carbocycles. The molecular formula is C27H22BrF3N6OS. The molecule has 12 heteroatoms. The summed E-state index contributed by atoms with van der Waals surface area (Å²) in [6.45, 7) is 4.01. The lowest BCUT2D eigenvalue weighted by atomic mass is 9.91. The summed E-state index contributed by atoms with van der Waals surface area (Å²) >= 11 is 8.89.